The number of carbonyl (C=O) groups excluding carboxylic acids is 3. The van der Waals surface area contributed by atoms with Gasteiger partial charge in [0.15, 0.2) is 0 Å². The molecule has 3 amide bonds. The molecule has 0 bridgehead atoms. The molecular weight excluding hydrogens is 354 g/mol. The van der Waals surface area contributed by atoms with Crippen LogP contribution < -0.4 is 11.1 Å². The number of rotatable bonds is 4. The van der Waals surface area contributed by atoms with Crippen LogP contribution in [0.5, 0.6) is 0 Å². The monoisotopic (exact) mass is 379 g/mol. The lowest BCUT2D eigenvalue weighted by Gasteiger charge is -2.38. The number of benzene rings is 1. The molecule has 2 heterocycles. The van der Waals surface area contributed by atoms with E-state index in [-0.39, 0.29) is 54.6 Å². The van der Waals surface area contributed by atoms with Crippen molar-refractivity contribution in [3.63, 3.8) is 0 Å². The molecule has 1 aromatic carbocycles. The highest BCUT2D eigenvalue weighted by Gasteiger charge is 2.31. The molecule has 3 rings (SSSR count). The fourth-order valence-corrected chi connectivity index (χ4v) is 3.76. The van der Waals surface area contributed by atoms with E-state index in [1.807, 2.05) is 24.0 Å². The van der Waals surface area contributed by atoms with Gasteiger partial charge in [0.05, 0.1) is 5.92 Å². The molecule has 6 nitrogen and oxygen atoms in total. The van der Waals surface area contributed by atoms with Crippen LogP contribution in [0.1, 0.15) is 48.5 Å². The number of halogens is 1. The maximum Gasteiger partial charge on any atom is 0.254 e. The lowest BCUT2D eigenvalue weighted by Crippen LogP contribution is -2.51. The number of hydrogen-bond acceptors (Lipinski definition) is 4. The molecule has 26 heavy (non-hydrogen) atoms. The molecule has 3 unspecified atom stereocenters. The highest BCUT2D eigenvalue weighted by molar-refractivity contribution is 6.03. The Kier molecular flexibility index (Phi) is 6.78. The van der Waals surface area contributed by atoms with Crippen molar-refractivity contribution in [3.05, 3.63) is 35.4 Å². The highest BCUT2D eigenvalue weighted by Crippen LogP contribution is 2.22. The number of piperidine rings is 1. The molecule has 2 saturated heterocycles. The lowest BCUT2D eigenvalue weighted by atomic mass is 9.95. The van der Waals surface area contributed by atoms with Crippen LogP contribution in [0.3, 0.4) is 0 Å². The maximum atomic E-state index is 12.8. The number of hydrogen-bond donors (Lipinski definition) is 2. The molecule has 2 aliphatic rings. The maximum absolute atomic E-state index is 12.8. The zero-order chi connectivity index (χ0) is 18.0. The molecule has 0 aromatic heterocycles. The molecule has 2 fully saturated rings. The minimum Gasteiger partial charge on any atom is -0.334 e. The van der Waals surface area contributed by atoms with Gasteiger partial charge in [-0.2, -0.15) is 0 Å². The van der Waals surface area contributed by atoms with Gasteiger partial charge in [0.25, 0.3) is 5.91 Å². The second-order valence-electron chi connectivity index (χ2n) is 7.14. The summed E-state index contributed by atoms with van der Waals surface area (Å²) < 4.78 is 0. The van der Waals surface area contributed by atoms with Gasteiger partial charge >= 0.3 is 0 Å². The summed E-state index contributed by atoms with van der Waals surface area (Å²) in [6, 6.07) is 7.40. The number of carbonyl (C=O) groups is 3. The van der Waals surface area contributed by atoms with E-state index in [1.165, 1.54) is 0 Å². The summed E-state index contributed by atoms with van der Waals surface area (Å²) in [5, 5.41) is 2.32. The smallest absolute Gasteiger partial charge is 0.254 e. The molecule has 3 atom stereocenters. The van der Waals surface area contributed by atoms with E-state index < -0.39 is 0 Å². The average molecular weight is 380 g/mol. The van der Waals surface area contributed by atoms with Crippen molar-refractivity contribution in [2.24, 2.45) is 11.7 Å². The lowest BCUT2D eigenvalue weighted by molar-refractivity contribution is -0.125. The van der Waals surface area contributed by atoms with Gasteiger partial charge in [0.2, 0.25) is 11.8 Å². The van der Waals surface area contributed by atoms with Gasteiger partial charge in [-0.15, -0.1) is 12.4 Å². The first-order valence-electron chi connectivity index (χ1n) is 8.95. The number of nitrogens with zero attached hydrogens (tertiary/aromatic N) is 1. The van der Waals surface area contributed by atoms with E-state index in [2.05, 4.69) is 5.32 Å². The Labute approximate surface area is 159 Å². The molecule has 1 aromatic rings. The van der Waals surface area contributed by atoms with E-state index in [4.69, 9.17) is 5.73 Å². The summed E-state index contributed by atoms with van der Waals surface area (Å²) in [6.07, 6.45) is 3.82. The van der Waals surface area contributed by atoms with Gasteiger partial charge in [0.1, 0.15) is 0 Å². The van der Waals surface area contributed by atoms with E-state index in [1.54, 1.807) is 12.1 Å². The van der Waals surface area contributed by atoms with Crippen molar-refractivity contribution >= 4 is 30.1 Å². The Bertz CT molecular complexity index is 675. The van der Waals surface area contributed by atoms with Crippen LogP contribution in [0.15, 0.2) is 24.3 Å². The summed E-state index contributed by atoms with van der Waals surface area (Å²) >= 11 is 0. The van der Waals surface area contributed by atoms with Crippen LogP contribution in [0.4, 0.5) is 0 Å². The third-order valence-corrected chi connectivity index (χ3v) is 5.17. The molecule has 0 radical (unpaired) electrons. The van der Waals surface area contributed by atoms with Gasteiger partial charge in [-0.3, -0.25) is 19.7 Å². The first kappa shape index (κ1) is 20.4. The first-order valence-corrected chi connectivity index (χ1v) is 8.95. The molecule has 3 N–H and O–H groups in total. The summed E-state index contributed by atoms with van der Waals surface area (Å²) in [7, 11) is 0. The summed E-state index contributed by atoms with van der Waals surface area (Å²) in [6.45, 7) is 2.70. The average Bonchev–Trinajstić information content (AvgIpc) is 2.92. The van der Waals surface area contributed by atoms with E-state index >= 15 is 0 Å². The number of amides is 3. The van der Waals surface area contributed by atoms with Crippen molar-refractivity contribution < 1.29 is 14.4 Å². The van der Waals surface area contributed by atoms with Crippen LogP contribution in [0.2, 0.25) is 0 Å². The molecule has 142 valence electrons. The Hall–Kier alpha value is -1.92. The van der Waals surface area contributed by atoms with Gasteiger partial charge in [-0.1, -0.05) is 12.1 Å². The predicted octanol–water partition coefficient (Wildman–Crippen LogP) is 1.66. The van der Waals surface area contributed by atoms with Crippen molar-refractivity contribution in [2.75, 3.05) is 6.54 Å². The van der Waals surface area contributed by atoms with Crippen LogP contribution in [0, 0.1) is 5.92 Å². The van der Waals surface area contributed by atoms with Crippen molar-refractivity contribution in [2.45, 2.75) is 51.1 Å². The molecular formula is C19H26ClN3O3. The van der Waals surface area contributed by atoms with Crippen LogP contribution in [0.25, 0.3) is 0 Å². The van der Waals surface area contributed by atoms with Crippen molar-refractivity contribution in [3.8, 4) is 0 Å². The Balaban J connectivity index is 0.00000243. The fraction of sp³-hybridized carbons (Fsp3) is 0.526. The third kappa shape index (κ3) is 4.43. The zero-order valence-electron chi connectivity index (χ0n) is 14.9. The van der Waals surface area contributed by atoms with Crippen molar-refractivity contribution in [1.82, 2.24) is 10.2 Å². The zero-order valence-corrected chi connectivity index (χ0v) is 15.8. The van der Waals surface area contributed by atoms with Crippen LogP contribution in [-0.2, 0) is 16.0 Å². The molecule has 0 aliphatic carbocycles. The normalized spacial score (nSPS) is 24.0. The minimum atomic E-state index is -0.307. The Morgan fingerprint density at radius 3 is 2.54 bits per heavy atom. The third-order valence-electron chi connectivity index (χ3n) is 5.17. The summed E-state index contributed by atoms with van der Waals surface area (Å²) in [5.74, 6) is -0.715. The van der Waals surface area contributed by atoms with E-state index in [0.717, 1.165) is 31.4 Å². The Morgan fingerprint density at radius 1 is 1.27 bits per heavy atom. The van der Waals surface area contributed by atoms with Gasteiger partial charge in [0, 0.05) is 30.6 Å². The van der Waals surface area contributed by atoms with Crippen LogP contribution in [-0.4, -0.2) is 41.2 Å². The number of likely N-dealkylation sites (tertiary alicyclic amines) is 1. The number of nitrogens with one attached hydrogen (secondary N) is 1. The minimum absolute atomic E-state index is 0. The number of imide groups is 1. The Morgan fingerprint density at radius 2 is 1.96 bits per heavy atom. The van der Waals surface area contributed by atoms with E-state index in [9.17, 15) is 14.4 Å². The summed E-state index contributed by atoms with van der Waals surface area (Å²) in [4.78, 5) is 37.7. The topological polar surface area (TPSA) is 92.5 Å². The van der Waals surface area contributed by atoms with Gasteiger partial charge < -0.3 is 10.6 Å². The standard InChI is InChI=1S/C19H25N3O3.ClH/c1-12(20)16-4-2-3-9-22(16)19(25)14-7-5-13(6-8-14)10-15-11-17(23)21-18(15)24;/h5-8,12,15-16H,2-4,9-11,20H2,1H3,(H,21,23,24);1H. The highest BCUT2D eigenvalue weighted by atomic mass is 35.5. The van der Waals surface area contributed by atoms with Crippen LogP contribution >= 0.6 is 12.4 Å². The molecule has 0 saturated carbocycles. The molecule has 2 aliphatic heterocycles. The number of nitrogens with two attached hydrogens (primary N) is 1. The summed E-state index contributed by atoms with van der Waals surface area (Å²) in [5.41, 5.74) is 7.65. The molecule has 7 heteroatoms. The SMILES string of the molecule is CC(N)C1CCCCN1C(=O)c1ccc(CC2CC(=O)NC2=O)cc1.Cl. The second-order valence-corrected chi connectivity index (χ2v) is 7.14. The van der Waals surface area contributed by atoms with Crippen molar-refractivity contribution in [1.29, 1.82) is 0 Å². The van der Waals surface area contributed by atoms with Gasteiger partial charge in [-0.25, -0.2) is 0 Å². The van der Waals surface area contributed by atoms with Gasteiger partial charge in [-0.05, 0) is 50.3 Å². The second kappa shape index (κ2) is 8.64. The van der Waals surface area contributed by atoms with E-state index in [0.29, 0.717) is 12.0 Å². The quantitative estimate of drug-likeness (QED) is 0.778. The largest absolute Gasteiger partial charge is 0.334 e. The first-order chi connectivity index (χ1) is 12.0. The molecule has 0 spiro atoms. The fourth-order valence-electron chi connectivity index (χ4n) is 3.76. The predicted molar refractivity (Wildman–Crippen MR) is 101 cm³/mol.